The van der Waals surface area contributed by atoms with E-state index in [9.17, 15) is 26.4 Å². The van der Waals surface area contributed by atoms with Crippen molar-refractivity contribution in [2.45, 2.75) is 44.0 Å². The monoisotopic (exact) mass is 717 g/mol. The Morgan fingerprint density at radius 2 is 1.60 bits per heavy atom. The number of amides is 1. The number of carboxylic acid groups (broad SMARTS) is 1. The zero-order chi connectivity index (χ0) is 33.9. The molecule has 1 atom stereocenters. The van der Waals surface area contributed by atoms with Crippen LogP contribution in [0.15, 0.2) is 76.1 Å². The second-order valence-corrected chi connectivity index (χ2v) is 11.8. The minimum absolute atomic E-state index is 0.0147. The smallest absolute Gasteiger partial charge is 0.490 e. The minimum atomic E-state index is -5.08. The molecule has 17 heteroatoms. The van der Waals surface area contributed by atoms with Crippen LogP contribution in [-0.4, -0.2) is 50.1 Å². The Hall–Kier alpha value is -4.35. The second-order valence-electron chi connectivity index (χ2n) is 9.23. The number of nitrogen functional groups attached to an aromatic ring is 1. The van der Waals surface area contributed by atoms with Crippen LogP contribution in [0, 0.1) is 5.41 Å². The summed E-state index contributed by atoms with van der Waals surface area (Å²) in [6.45, 7) is 6.00. The quantitative estimate of drug-likeness (QED) is 0.0874. The first-order chi connectivity index (χ1) is 20.9. The average Bonchev–Trinajstić information content (AvgIpc) is 2.96. The van der Waals surface area contributed by atoms with Crippen molar-refractivity contribution in [1.29, 1.82) is 5.41 Å². The summed E-state index contributed by atoms with van der Waals surface area (Å²) < 4.78 is 69.5. The highest BCUT2D eigenvalue weighted by atomic mass is 79.9. The number of nitrogens with two attached hydrogens (primary N) is 1. The number of hydrogen-bond acceptors (Lipinski definition) is 8. The number of alkyl halides is 3. The minimum Gasteiger partial charge on any atom is -0.490 e. The molecule has 1 amide bonds. The topological polar surface area (TPSA) is 193 Å². The number of hydrazine groups is 1. The summed E-state index contributed by atoms with van der Waals surface area (Å²) in [6.07, 6.45) is -5.18. The Morgan fingerprint density at radius 3 is 2.09 bits per heavy atom. The number of benzene rings is 3. The molecule has 0 aliphatic rings. The fourth-order valence-electron chi connectivity index (χ4n) is 3.40. The molecule has 0 radical (unpaired) electrons. The Morgan fingerprint density at radius 1 is 1.02 bits per heavy atom. The summed E-state index contributed by atoms with van der Waals surface area (Å²) in [5.41, 5.74) is 9.41. The van der Waals surface area contributed by atoms with Crippen LogP contribution in [0.25, 0.3) is 0 Å². The van der Waals surface area contributed by atoms with Gasteiger partial charge in [-0.05, 0) is 87.0 Å². The van der Waals surface area contributed by atoms with E-state index in [1.807, 2.05) is 20.8 Å². The molecule has 0 aliphatic heterocycles. The van der Waals surface area contributed by atoms with Crippen LogP contribution >= 0.6 is 15.9 Å². The van der Waals surface area contributed by atoms with Crippen LogP contribution in [-0.2, 0) is 19.6 Å². The maximum Gasteiger partial charge on any atom is 0.490 e. The summed E-state index contributed by atoms with van der Waals surface area (Å²) in [5, 5.41) is 17.8. The van der Waals surface area contributed by atoms with Crippen molar-refractivity contribution in [2.24, 2.45) is 5.73 Å². The number of carbonyl (C=O) groups excluding carboxylic acids is 1. The van der Waals surface area contributed by atoms with E-state index >= 15 is 0 Å². The van der Waals surface area contributed by atoms with Crippen molar-refractivity contribution >= 4 is 49.4 Å². The van der Waals surface area contributed by atoms with E-state index in [0.717, 1.165) is 4.47 Å². The lowest BCUT2D eigenvalue weighted by Gasteiger charge is -2.22. The first-order valence-electron chi connectivity index (χ1n) is 13.0. The van der Waals surface area contributed by atoms with Crippen molar-refractivity contribution in [3.8, 4) is 11.5 Å². The van der Waals surface area contributed by atoms with Crippen molar-refractivity contribution < 1.29 is 45.8 Å². The molecule has 244 valence electrons. The van der Waals surface area contributed by atoms with E-state index in [-0.39, 0.29) is 16.8 Å². The van der Waals surface area contributed by atoms with Gasteiger partial charge >= 0.3 is 12.1 Å². The fourth-order valence-corrected chi connectivity index (χ4v) is 4.51. The van der Waals surface area contributed by atoms with Gasteiger partial charge in [0.1, 0.15) is 11.9 Å². The third kappa shape index (κ3) is 11.6. The molecule has 12 nitrogen and oxygen atoms in total. The molecule has 0 aromatic heterocycles. The van der Waals surface area contributed by atoms with E-state index in [4.69, 9.17) is 30.5 Å². The average molecular weight is 719 g/mol. The van der Waals surface area contributed by atoms with Gasteiger partial charge in [-0.3, -0.25) is 15.6 Å². The van der Waals surface area contributed by atoms with Gasteiger partial charge in [-0.25, -0.2) is 13.2 Å². The Bertz CT molecular complexity index is 1590. The molecule has 7 N–H and O–H groups in total. The predicted octanol–water partition coefficient (Wildman–Crippen LogP) is 4.72. The van der Waals surface area contributed by atoms with Crippen LogP contribution in [0.2, 0.25) is 0 Å². The molecular weight excluding hydrogens is 687 g/mol. The number of amidine groups is 1. The van der Waals surface area contributed by atoms with Gasteiger partial charge < -0.3 is 25.6 Å². The van der Waals surface area contributed by atoms with Crippen molar-refractivity contribution in [2.75, 3.05) is 11.9 Å². The molecule has 0 spiro atoms. The van der Waals surface area contributed by atoms with Crippen LogP contribution < -0.4 is 30.8 Å². The van der Waals surface area contributed by atoms with Crippen LogP contribution in [0.3, 0.4) is 0 Å². The lowest BCUT2D eigenvalue weighted by molar-refractivity contribution is -0.192. The fraction of sp³-hybridized carbons (Fsp3) is 0.250. The number of ether oxygens (including phenoxy) is 2. The van der Waals surface area contributed by atoms with Gasteiger partial charge in [-0.15, -0.1) is 4.83 Å². The molecule has 3 aromatic rings. The van der Waals surface area contributed by atoms with Crippen molar-refractivity contribution in [1.82, 2.24) is 10.3 Å². The summed E-state index contributed by atoms with van der Waals surface area (Å²) in [5.74, 6) is -2.55. The number of nitrogens with one attached hydrogen (secondary N) is 4. The van der Waals surface area contributed by atoms with Gasteiger partial charge in [0.05, 0.1) is 17.6 Å². The number of halogens is 4. The lowest BCUT2D eigenvalue weighted by atomic mass is 10.0. The highest BCUT2D eigenvalue weighted by Crippen LogP contribution is 2.33. The SMILES string of the molecule is CCOc1cc(C(Nc2ccc(C(=N)N)cc2)C(=O)NNS(=O)(=O)c2ccc(Br)cc2)ccc1OC(C)C.O=C(O)C(F)(F)F. The van der Waals surface area contributed by atoms with Gasteiger partial charge in [0, 0.05) is 15.7 Å². The molecule has 45 heavy (non-hydrogen) atoms. The summed E-state index contributed by atoms with van der Waals surface area (Å²) >= 11 is 3.27. The van der Waals surface area contributed by atoms with Crippen LogP contribution in [0.4, 0.5) is 18.9 Å². The number of anilines is 1. The number of aliphatic carboxylic acids is 1. The molecule has 3 aromatic carbocycles. The summed E-state index contributed by atoms with van der Waals surface area (Å²) in [4.78, 5) is 24.4. The molecule has 1 unspecified atom stereocenters. The number of hydrogen-bond donors (Lipinski definition) is 6. The number of sulfonamides is 1. The molecule has 3 rings (SSSR count). The maximum atomic E-state index is 13.4. The Kier molecular flexibility index (Phi) is 13.2. The number of rotatable bonds is 12. The van der Waals surface area contributed by atoms with E-state index in [1.54, 1.807) is 54.6 Å². The first kappa shape index (κ1) is 36.8. The Balaban J connectivity index is 0.000000900. The van der Waals surface area contributed by atoms with Crippen LogP contribution in [0.5, 0.6) is 11.5 Å². The maximum absolute atomic E-state index is 13.4. The van der Waals surface area contributed by atoms with Gasteiger partial charge in [0.15, 0.2) is 11.5 Å². The van der Waals surface area contributed by atoms with Gasteiger partial charge in [-0.1, -0.05) is 22.0 Å². The zero-order valence-electron chi connectivity index (χ0n) is 24.1. The molecule has 0 bridgehead atoms. The van der Waals surface area contributed by atoms with Gasteiger partial charge in [0.25, 0.3) is 15.9 Å². The zero-order valence-corrected chi connectivity index (χ0v) is 26.5. The standard InChI is InChI=1S/C26H30BrN5O5S.C2HF3O2/c1-4-36-23-15-18(7-14-22(23)37-16(2)3)24(30-20-10-5-17(6-11-20)25(28)29)26(33)31-32-38(34,35)21-12-8-19(27)9-13-21;3-2(4,5)1(6)7/h5-16,24,30,32H,4H2,1-3H3,(H3,28,29)(H,31,33);(H,6,7). The van der Waals surface area contributed by atoms with E-state index in [0.29, 0.717) is 34.9 Å². The van der Waals surface area contributed by atoms with Gasteiger partial charge in [-0.2, -0.15) is 13.2 Å². The number of carboxylic acids is 1. The van der Waals surface area contributed by atoms with Crippen molar-refractivity contribution in [3.05, 3.63) is 82.3 Å². The normalized spacial score (nSPS) is 11.9. The van der Waals surface area contributed by atoms with E-state index < -0.39 is 34.1 Å². The summed E-state index contributed by atoms with van der Waals surface area (Å²) in [7, 11) is -4.03. The molecule has 0 aliphatic carbocycles. The van der Waals surface area contributed by atoms with E-state index in [2.05, 4.69) is 31.5 Å². The molecule has 0 heterocycles. The third-order valence-electron chi connectivity index (χ3n) is 5.41. The first-order valence-corrected chi connectivity index (χ1v) is 15.2. The van der Waals surface area contributed by atoms with Crippen molar-refractivity contribution in [3.63, 3.8) is 0 Å². The predicted molar refractivity (Wildman–Crippen MR) is 163 cm³/mol. The lowest BCUT2D eigenvalue weighted by Crippen LogP contribution is -2.45. The molecule has 0 saturated heterocycles. The molecule has 0 fully saturated rings. The highest BCUT2D eigenvalue weighted by Gasteiger charge is 2.38. The second kappa shape index (κ2) is 16.1. The van der Waals surface area contributed by atoms with E-state index in [1.165, 1.54) is 12.1 Å². The largest absolute Gasteiger partial charge is 0.490 e. The molecule has 0 saturated carbocycles. The number of carbonyl (C=O) groups is 2. The Labute approximate surface area is 265 Å². The summed E-state index contributed by atoms with van der Waals surface area (Å²) in [6, 6.07) is 16.7. The van der Waals surface area contributed by atoms with Crippen LogP contribution in [0.1, 0.15) is 37.9 Å². The molecular formula is C28H31BrF3N5O7S. The third-order valence-corrected chi connectivity index (χ3v) is 7.20. The van der Waals surface area contributed by atoms with Gasteiger partial charge in [0.2, 0.25) is 0 Å². The highest BCUT2D eigenvalue weighted by molar-refractivity contribution is 9.10.